The molecule has 1 aromatic rings. The molecule has 5 aliphatic carbocycles. The molecule has 11 heteroatoms. The van der Waals surface area contributed by atoms with Crippen LogP contribution < -0.4 is 8.37 Å². The van der Waals surface area contributed by atoms with Crippen LogP contribution in [0.25, 0.3) is 0 Å². The fourth-order valence-electron chi connectivity index (χ4n) is 13.3. The largest absolute Gasteiger partial charge is 0.446 e. The molecular formula is C35H52O9S2. The van der Waals surface area contributed by atoms with Crippen molar-refractivity contribution in [2.75, 3.05) is 0 Å². The average molecular weight is 681 g/mol. The van der Waals surface area contributed by atoms with E-state index in [1.54, 1.807) is 0 Å². The molecule has 1 saturated heterocycles. The lowest BCUT2D eigenvalue weighted by atomic mass is 9.38. The molecule has 0 aromatic heterocycles. The number of rotatable bonds is 4. The van der Waals surface area contributed by atoms with Gasteiger partial charge in [0, 0.05) is 11.1 Å². The molecule has 0 amide bonds. The van der Waals surface area contributed by atoms with Gasteiger partial charge in [-0.05, 0) is 141 Å². The summed E-state index contributed by atoms with van der Waals surface area (Å²) in [5, 5.41) is 0. The molecule has 6 aliphatic rings. The van der Waals surface area contributed by atoms with Gasteiger partial charge >= 0.3 is 20.8 Å². The van der Waals surface area contributed by atoms with E-state index in [2.05, 4.69) is 41.5 Å². The lowest BCUT2D eigenvalue weighted by molar-refractivity contribution is -0.237. The maximum Gasteiger partial charge on any atom is 0.446 e. The lowest BCUT2D eigenvalue weighted by Crippen LogP contribution is -2.62. The predicted octanol–water partition coefficient (Wildman–Crippen LogP) is 7.70. The molecular weight excluding hydrogens is 629 g/mol. The summed E-state index contributed by atoms with van der Waals surface area (Å²) in [6.45, 7) is 14.8. The van der Waals surface area contributed by atoms with Crippen molar-refractivity contribution in [2.45, 2.75) is 136 Å². The minimum Gasteiger partial charge on any atom is -0.371 e. The first-order valence-corrected chi connectivity index (χ1v) is 20.1. The van der Waals surface area contributed by atoms with Gasteiger partial charge < -0.3 is 13.1 Å². The molecule has 9 nitrogen and oxygen atoms in total. The lowest BCUT2D eigenvalue weighted by Gasteiger charge is -2.68. The molecule has 7 rings (SSSR count). The molecule has 258 valence electrons. The first-order chi connectivity index (χ1) is 21.2. The van der Waals surface area contributed by atoms with E-state index in [0.29, 0.717) is 35.3 Å². The van der Waals surface area contributed by atoms with E-state index in [1.165, 1.54) is 37.8 Å². The third kappa shape index (κ3) is 4.99. The summed E-state index contributed by atoms with van der Waals surface area (Å²) < 4.78 is 83.7. The first kappa shape index (κ1) is 33.1. The van der Waals surface area contributed by atoms with Crippen molar-refractivity contribution >= 4 is 20.8 Å². The van der Waals surface area contributed by atoms with Crippen LogP contribution in [0, 0.1) is 45.3 Å². The van der Waals surface area contributed by atoms with Gasteiger partial charge in [-0.15, -0.1) is 0 Å². The minimum atomic E-state index is -4.81. The second-order valence-electron chi connectivity index (χ2n) is 17.5. The molecule has 4 saturated carbocycles. The summed E-state index contributed by atoms with van der Waals surface area (Å²) in [6, 6.07) is 2.62. The van der Waals surface area contributed by atoms with Gasteiger partial charge in [-0.2, -0.15) is 16.8 Å². The van der Waals surface area contributed by atoms with Crippen molar-refractivity contribution in [1.29, 1.82) is 0 Å². The maximum atomic E-state index is 11.8. The van der Waals surface area contributed by atoms with Crippen LogP contribution in [0.15, 0.2) is 12.1 Å². The number of ether oxygens (including phenoxy) is 1. The highest BCUT2D eigenvalue weighted by Gasteiger charge is 2.67. The fourth-order valence-corrected chi connectivity index (χ4v) is 14.0. The van der Waals surface area contributed by atoms with E-state index in [1.807, 2.05) is 0 Å². The normalized spacial score (nSPS) is 44.7. The van der Waals surface area contributed by atoms with Crippen LogP contribution in [0.2, 0.25) is 0 Å². The van der Waals surface area contributed by atoms with E-state index >= 15 is 0 Å². The topological polar surface area (TPSA) is 136 Å². The number of fused-ring (bicyclic) bond motifs is 10. The second-order valence-corrected chi connectivity index (χ2v) is 19.6. The summed E-state index contributed by atoms with van der Waals surface area (Å²) in [5.41, 5.74) is 1.42. The highest BCUT2D eigenvalue weighted by atomic mass is 32.3. The zero-order valence-electron chi connectivity index (χ0n) is 28.2. The third-order valence-corrected chi connectivity index (χ3v) is 15.7. The molecule has 0 bridgehead atoms. The Morgan fingerprint density at radius 2 is 1.28 bits per heavy atom. The molecule has 1 heterocycles. The summed E-state index contributed by atoms with van der Waals surface area (Å²) in [5.74, 6) is 1.51. The van der Waals surface area contributed by atoms with Crippen LogP contribution in [0.1, 0.15) is 129 Å². The van der Waals surface area contributed by atoms with E-state index in [9.17, 15) is 25.9 Å². The van der Waals surface area contributed by atoms with Gasteiger partial charge in [0.2, 0.25) is 0 Å². The summed E-state index contributed by atoms with van der Waals surface area (Å²) in [4.78, 5) is 0. The Hall–Kier alpha value is -1.40. The zero-order valence-corrected chi connectivity index (χ0v) is 29.8. The smallest absolute Gasteiger partial charge is 0.371 e. The quantitative estimate of drug-likeness (QED) is 0.307. The van der Waals surface area contributed by atoms with E-state index < -0.39 is 20.8 Å². The zero-order chi connectivity index (χ0) is 33.3. The van der Waals surface area contributed by atoms with Gasteiger partial charge in [-0.1, -0.05) is 41.0 Å². The maximum absolute atomic E-state index is 11.8. The van der Waals surface area contributed by atoms with E-state index in [-0.39, 0.29) is 56.7 Å². The summed E-state index contributed by atoms with van der Waals surface area (Å²) in [7, 11) is -9.61. The predicted molar refractivity (Wildman–Crippen MR) is 173 cm³/mol. The molecule has 0 spiro atoms. The Kier molecular flexibility index (Phi) is 7.42. The molecule has 5 fully saturated rings. The Morgan fingerprint density at radius 1 is 0.696 bits per heavy atom. The first-order valence-electron chi connectivity index (χ1n) is 17.4. The van der Waals surface area contributed by atoms with Crippen LogP contribution in [0.5, 0.6) is 11.5 Å². The highest BCUT2D eigenvalue weighted by Crippen LogP contribution is 2.74. The van der Waals surface area contributed by atoms with Crippen molar-refractivity contribution < 1.29 is 39.0 Å². The summed E-state index contributed by atoms with van der Waals surface area (Å²) >= 11 is 0. The second kappa shape index (κ2) is 10.3. The minimum absolute atomic E-state index is 0.00357. The van der Waals surface area contributed by atoms with Crippen LogP contribution >= 0.6 is 0 Å². The van der Waals surface area contributed by atoms with E-state index in [4.69, 9.17) is 13.1 Å². The average Bonchev–Trinajstić information content (AvgIpc) is 3.26. The van der Waals surface area contributed by atoms with Crippen LogP contribution in [-0.2, 0) is 32.0 Å². The standard InChI is InChI=1S/C35H52O9S2/c1-31(2)15-7-16-35(6)26(31)12-18-34(5)28-13-17-32(3)23-20-22-24(43-45(36,37)38)9-10-25(44-46(39,40)41)30(22)21(23)8-11-27(32)33(28,4)19-14-29(34)42-35/h9-10,21,23,26-29H,7-8,11-20H2,1-6H3,(H,36,37,38)(H,39,40,41)/t21?,23-,26+,27+,28-,29+,32+,33-,34+,35+/m1/s1. The Bertz CT molecular complexity index is 1640. The van der Waals surface area contributed by atoms with Gasteiger partial charge in [0.1, 0.15) is 11.5 Å². The van der Waals surface area contributed by atoms with Gasteiger partial charge in [-0.3, -0.25) is 9.11 Å². The van der Waals surface area contributed by atoms with Crippen molar-refractivity contribution in [2.24, 2.45) is 45.3 Å². The van der Waals surface area contributed by atoms with Crippen LogP contribution in [-0.4, -0.2) is 37.6 Å². The Balaban J connectivity index is 1.23. The Morgan fingerprint density at radius 3 is 1.98 bits per heavy atom. The van der Waals surface area contributed by atoms with Crippen LogP contribution in [0.4, 0.5) is 0 Å². The van der Waals surface area contributed by atoms with Gasteiger partial charge in [-0.25, -0.2) is 0 Å². The molecule has 46 heavy (non-hydrogen) atoms. The highest BCUT2D eigenvalue weighted by molar-refractivity contribution is 7.81. The molecule has 0 radical (unpaired) electrons. The summed E-state index contributed by atoms with van der Waals surface area (Å²) in [6.07, 6.45) is 12.8. The Labute approximate surface area is 275 Å². The number of benzene rings is 1. The fraction of sp³-hybridized carbons (Fsp3) is 0.829. The van der Waals surface area contributed by atoms with E-state index in [0.717, 1.165) is 44.9 Å². The monoisotopic (exact) mass is 680 g/mol. The molecule has 1 aliphatic heterocycles. The van der Waals surface area contributed by atoms with Crippen molar-refractivity contribution in [3.63, 3.8) is 0 Å². The molecule has 1 unspecified atom stereocenters. The molecule has 10 atom stereocenters. The number of hydrogen-bond acceptors (Lipinski definition) is 7. The van der Waals surface area contributed by atoms with Crippen molar-refractivity contribution in [3.8, 4) is 11.5 Å². The molecule has 2 N–H and O–H groups in total. The van der Waals surface area contributed by atoms with Crippen molar-refractivity contribution in [3.05, 3.63) is 23.3 Å². The van der Waals surface area contributed by atoms with Gasteiger partial charge in [0.25, 0.3) is 0 Å². The molecule has 1 aromatic carbocycles. The van der Waals surface area contributed by atoms with Gasteiger partial charge in [0.15, 0.2) is 0 Å². The third-order valence-electron chi connectivity index (χ3n) is 15.0. The van der Waals surface area contributed by atoms with Crippen LogP contribution in [0.3, 0.4) is 0 Å². The SMILES string of the molecule is CC1(C)CCC[C@]2(C)O[C@H]3CC[C@@]4(C)[C@@H](CC[C@]5(C)[C@@H]4CCC4c6c(OS(=O)(=O)O)ccc(OS(=O)(=O)O)c6C[C@H]45)[C@]3(C)CC[C@@H]12. The number of hydrogen-bond donors (Lipinski definition) is 2. The van der Waals surface area contributed by atoms with Gasteiger partial charge in [0.05, 0.1) is 11.7 Å². The van der Waals surface area contributed by atoms with Crippen molar-refractivity contribution in [1.82, 2.24) is 0 Å².